The molecule has 0 fully saturated rings. The number of aromatic nitrogens is 1. The third kappa shape index (κ3) is 3.19. The highest BCUT2D eigenvalue weighted by Crippen LogP contribution is 2.22. The highest BCUT2D eigenvalue weighted by molar-refractivity contribution is 6.10. The second-order valence-electron chi connectivity index (χ2n) is 5.59. The molecule has 23 heavy (non-hydrogen) atoms. The number of carbonyl (C=O) groups excluding carboxylic acids is 2. The van der Waals surface area contributed by atoms with E-state index in [1.807, 2.05) is 48.5 Å². The Balaban J connectivity index is 1.97. The molecule has 0 saturated heterocycles. The van der Waals surface area contributed by atoms with Crippen molar-refractivity contribution in [1.29, 1.82) is 0 Å². The second kappa shape index (κ2) is 6.53. The Morgan fingerprint density at radius 1 is 0.957 bits per heavy atom. The van der Waals surface area contributed by atoms with E-state index in [2.05, 4.69) is 4.98 Å². The first-order valence-electron chi connectivity index (χ1n) is 7.59. The van der Waals surface area contributed by atoms with Gasteiger partial charge < -0.3 is 0 Å². The van der Waals surface area contributed by atoms with E-state index in [4.69, 9.17) is 0 Å². The Hall–Kier alpha value is -2.81. The molecule has 1 heterocycles. The number of Topliss-reactive ketones (excluding diaryl/α,β-unsaturated/α-hetero) is 2. The molecule has 0 radical (unpaired) electrons. The monoisotopic (exact) mass is 303 g/mol. The van der Waals surface area contributed by atoms with Gasteiger partial charge in [-0.2, -0.15) is 0 Å². The van der Waals surface area contributed by atoms with Gasteiger partial charge in [-0.15, -0.1) is 0 Å². The lowest BCUT2D eigenvalue weighted by Gasteiger charge is -2.14. The van der Waals surface area contributed by atoms with Crippen LogP contribution in [0.15, 0.2) is 66.9 Å². The van der Waals surface area contributed by atoms with Gasteiger partial charge >= 0.3 is 0 Å². The van der Waals surface area contributed by atoms with Gasteiger partial charge in [0, 0.05) is 17.1 Å². The SMILES string of the molecule is CC(=O)C(Cc1cccc2cccnc12)C(=O)c1ccccc1. The van der Waals surface area contributed by atoms with Crippen molar-refractivity contribution < 1.29 is 9.59 Å². The minimum absolute atomic E-state index is 0.119. The largest absolute Gasteiger partial charge is 0.299 e. The van der Waals surface area contributed by atoms with Crippen molar-refractivity contribution >= 4 is 22.5 Å². The number of carbonyl (C=O) groups is 2. The smallest absolute Gasteiger partial charge is 0.173 e. The summed E-state index contributed by atoms with van der Waals surface area (Å²) in [5.74, 6) is -0.928. The van der Waals surface area contributed by atoms with Crippen LogP contribution in [-0.4, -0.2) is 16.6 Å². The van der Waals surface area contributed by atoms with Gasteiger partial charge in [-0.05, 0) is 25.0 Å². The lowest BCUT2D eigenvalue weighted by molar-refractivity contribution is -0.119. The Kier molecular flexibility index (Phi) is 4.29. The first-order valence-corrected chi connectivity index (χ1v) is 7.59. The van der Waals surface area contributed by atoms with Crippen molar-refractivity contribution in [2.75, 3.05) is 0 Å². The number of ketones is 2. The topological polar surface area (TPSA) is 47.0 Å². The van der Waals surface area contributed by atoms with Crippen LogP contribution in [0.2, 0.25) is 0 Å². The molecule has 0 bridgehead atoms. The summed E-state index contributed by atoms with van der Waals surface area (Å²) >= 11 is 0. The van der Waals surface area contributed by atoms with Crippen LogP contribution in [0.5, 0.6) is 0 Å². The first-order chi connectivity index (χ1) is 11.2. The molecule has 3 aromatic rings. The Morgan fingerprint density at radius 3 is 2.43 bits per heavy atom. The average Bonchev–Trinajstić information content (AvgIpc) is 2.59. The minimum Gasteiger partial charge on any atom is -0.299 e. The molecule has 2 aromatic carbocycles. The molecule has 1 unspecified atom stereocenters. The van der Waals surface area contributed by atoms with E-state index in [1.54, 1.807) is 18.3 Å². The van der Waals surface area contributed by atoms with Gasteiger partial charge in [0.05, 0.1) is 11.4 Å². The van der Waals surface area contributed by atoms with E-state index in [9.17, 15) is 9.59 Å². The van der Waals surface area contributed by atoms with Crippen LogP contribution >= 0.6 is 0 Å². The van der Waals surface area contributed by atoms with Crippen LogP contribution in [0, 0.1) is 5.92 Å². The summed E-state index contributed by atoms with van der Waals surface area (Å²) in [5.41, 5.74) is 2.34. The summed E-state index contributed by atoms with van der Waals surface area (Å²) in [6, 6.07) is 18.7. The Bertz CT molecular complexity index is 850. The third-order valence-corrected chi connectivity index (χ3v) is 4.01. The summed E-state index contributed by atoms with van der Waals surface area (Å²) in [7, 11) is 0. The number of hydrogen-bond acceptors (Lipinski definition) is 3. The number of hydrogen-bond donors (Lipinski definition) is 0. The molecule has 0 aliphatic carbocycles. The van der Waals surface area contributed by atoms with Gasteiger partial charge in [0.1, 0.15) is 5.78 Å². The predicted octanol–water partition coefficient (Wildman–Crippen LogP) is 3.87. The predicted molar refractivity (Wildman–Crippen MR) is 90.4 cm³/mol. The highest BCUT2D eigenvalue weighted by Gasteiger charge is 2.25. The van der Waals surface area contributed by atoms with Crippen LogP contribution in [-0.2, 0) is 11.2 Å². The molecule has 1 atom stereocenters. The van der Waals surface area contributed by atoms with E-state index in [0.29, 0.717) is 12.0 Å². The zero-order valence-corrected chi connectivity index (χ0v) is 12.9. The van der Waals surface area contributed by atoms with Crippen LogP contribution in [0.3, 0.4) is 0 Å². The highest BCUT2D eigenvalue weighted by atomic mass is 16.1. The van der Waals surface area contributed by atoms with Crippen molar-refractivity contribution in [2.45, 2.75) is 13.3 Å². The standard InChI is InChI=1S/C20H17NO2/c1-14(22)18(20(23)16-7-3-2-4-8-16)13-17-10-5-9-15-11-6-12-21-19(15)17/h2-12,18H,13H2,1H3. The van der Waals surface area contributed by atoms with Crippen LogP contribution in [0.4, 0.5) is 0 Å². The number of pyridine rings is 1. The Labute approximate surface area is 135 Å². The van der Waals surface area contributed by atoms with Gasteiger partial charge in [0.2, 0.25) is 0 Å². The van der Waals surface area contributed by atoms with E-state index in [-0.39, 0.29) is 11.6 Å². The first kappa shape index (κ1) is 15.1. The molecule has 3 nitrogen and oxygen atoms in total. The zero-order chi connectivity index (χ0) is 16.2. The van der Waals surface area contributed by atoms with E-state index < -0.39 is 5.92 Å². The van der Waals surface area contributed by atoms with Crippen molar-refractivity contribution in [3.05, 3.63) is 78.0 Å². The fourth-order valence-electron chi connectivity index (χ4n) is 2.78. The minimum atomic E-state index is -0.676. The Morgan fingerprint density at radius 2 is 1.70 bits per heavy atom. The lowest BCUT2D eigenvalue weighted by Crippen LogP contribution is -2.24. The van der Waals surface area contributed by atoms with Crippen LogP contribution in [0.1, 0.15) is 22.8 Å². The maximum atomic E-state index is 12.7. The van der Waals surface area contributed by atoms with E-state index >= 15 is 0 Å². The molecule has 114 valence electrons. The molecule has 0 aliphatic rings. The number of fused-ring (bicyclic) bond motifs is 1. The van der Waals surface area contributed by atoms with Gasteiger partial charge in [0.15, 0.2) is 5.78 Å². The van der Waals surface area contributed by atoms with E-state index in [1.165, 1.54) is 6.92 Å². The second-order valence-corrected chi connectivity index (χ2v) is 5.59. The quantitative estimate of drug-likeness (QED) is 0.531. The summed E-state index contributed by atoms with van der Waals surface area (Å²) < 4.78 is 0. The molecule has 1 aromatic heterocycles. The maximum Gasteiger partial charge on any atom is 0.173 e. The molecular formula is C20H17NO2. The fourth-order valence-corrected chi connectivity index (χ4v) is 2.78. The molecular weight excluding hydrogens is 286 g/mol. The molecule has 3 rings (SSSR count). The van der Waals surface area contributed by atoms with Gasteiger partial charge in [-0.25, -0.2) is 0 Å². The lowest BCUT2D eigenvalue weighted by atomic mass is 9.88. The van der Waals surface area contributed by atoms with Crippen LogP contribution < -0.4 is 0 Å². The zero-order valence-electron chi connectivity index (χ0n) is 12.9. The third-order valence-electron chi connectivity index (χ3n) is 4.01. The molecule has 0 N–H and O–H groups in total. The molecule has 0 aliphatic heterocycles. The van der Waals surface area contributed by atoms with Crippen LogP contribution in [0.25, 0.3) is 10.9 Å². The van der Waals surface area contributed by atoms with Crippen molar-refractivity contribution in [1.82, 2.24) is 4.98 Å². The van der Waals surface area contributed by atoms with Gasteiger partial charge in [-0.3, -0.25) is 14.6 Å². The number of nitrogens with zero attached hydrogens (tertiary/aromatic N) is 1. The average molecular weight is 303 g/mol. The molecule has 0 saturated carbocycles. The maximum absolute atomic E-state index is 12.7. The number of para-hydroxylation sites is 1. The van der Waals surface area contributed by atoms with Crippen molar-refractivity contribution in [3.63, 3.8) is 0 Å². The van der Waals surface area contributed by atoms with Gasteiger partial charge in [-0.1, -0.05) is 54.6 Å². The fraction of sp³-hybridized carbons (Fsp3) is 0.150. The molecule has 0 spiro atoms. The summed E-state index contributed by atoms with van der Waals surface area (Å²) in [6.45, 7) is 1.48. The van der Waals surface area contributed by atoms with Crippen molar-refractivity contribution in [2.24, 2.45) is 5.92 Å². The number of rotatable bonds is 5. The van der Waals surface area contributed by atoms with Crippen molar-refractivity contribution in [3.8, 4) is 0 Å². The van der Waals surface area contributed by atoms with E-state index in [0.717, 1.165) is 16.5 Å². The molecule has 3 heteroatoms. The molecule has 0 amide bonds. The summed E-state index contributed by atoms with van der Waals surface area (Å²) in [4.78, 5) is 29.1. The normalized spacial score (nSPS) is 12.0. The summed E-state index contributed by atoms with van der Waals surface area (Å²) in [6.07, 6.45) is 2.10. The number of benzene rings is 2. The summed E-state index contributed by atoms with van der Waals surface area (Å²) in [5, 5.41) is 1.01. The van der Waals surface area contributed by atoms with Gasteiger partial charge in [0.25, 0.3) is 0 Å².